The van der Waals surface area contributed by atoms with Crippen molar-refractivity contribution >= 4 is 56.1 Å². The van der Waals surface area contributed by atoms with Crippen molar-refractivity contribution in [3.63, 3.8) is 0 Å². The van der Waals surface area contributed by atoms with Gasteiger partial charge < -0.3 is 5.73 Å². The number of nitrogen functional groups attached to an aromatic ring is 1. The molecule has 1 heterocycles. The summed E-state index contributed by atoms with van der Waals surface area (Å²) in [5, 5.41) is 0.773. The molecular formula is C13H7BrCl2FN3. The Bertz CT molecular complexity index is 832. The molecule has 0 unspecified atom stereocenters. The van der Waals surface area contributed by atoms with Crippen molar-refractivity contribution in [2.24, 2.45) is 0 Å². The third kappa shape index (κ3) is 2.16. The lowest BCUT2D eigenvalue weighted by molar-refractivity contribution is 0.626. The Morgan fingerprint density at radius 3 is 2.60 bits per heavy atom. The van der Waals surface area contributed by atoms with Gasteiger partial charge in [-0.3, -0.25) is 4.57 Å². The Labute approximate surface area is 132 Å². The Kier molecular flexibility index (Phi) is 3.36. The van der Waals surface area contributed by atoms with Crippen LogP contribution in [0, 0.1) is 5.82 Å². The standard InChI is InChI=1S/C13H7BrCl2FN3/c14-7-2-1-6(17)3-11(7)20-12-5-9(16)8(15)4-10(12)19-13(20)18/h1-5H,(H2,18,19). The van der Waals surface area contributed by atoms with Crippen LogP contribution in [-0.4, -0.2) is 9.55 Å². The van der Waals surface area contributed by atoms with Crippen molar-refractivity contribution in [1.82, 2.24) is 9.55 Å². The molecule has 0 saturated carbocycles. The second-order valence-corrected chi connectivity index (χ2v) is 5.82. The molecule has 0 amide bonds. The summed E-state index contributed by atoms with van der Waals surface area (Å²) < 4.78 is 15.8. The van der Waals surface area contributed by atoms with Gasteiger partial charge in [0.15, 0.2) is 0 Å². The van der Waals surface area contributed by atoms with Crippen LogP contribution in [-0.2, 0) is 0 Å². The van der Waals surface area contributed by atoms with E-state index in [2.05, 4.69) is 20.9 Å². The van der Waals surface area contributed by atoms with Gasteiger partial charge in [0.05, 0.1) is 26.8 Å². The first-order valence-corrected chi connectivity index (χ1v) is 7.10. The maximum atomic E-state index is 13.5. The van der Waals surface area contributed by atoms with E-state index in [4.69, 9.17) is 28.9 Å². The van der Waals surface area contributed by atoms with Crippen LogP contribution in [0.4, 0.5) is 10.3 Å². The van der Waals surface area contributed by atoms with Gasteiger partial charge in [0.25, 0.3) is 0 Å². The number of aromatic nitrogens is 2. The minimum atomic E-state index is -0.371. The van der Waals surface area contributed by atoms with Crippen molar-refractivity contribution < 1.29 is 4.39 Å². The molecule has 2 N–H and O–H groups in total. The number of fused-ring (bicyclic) bond motifs is 1. The molecule has 0 fully saturated rings. The highest BCUT2D eigenvalue weighted by Gasteiger charge is 2.15. The highest BCUT2D eigenvalue weighted by atomic mass is 79.9. The predicted molar refractivity (Wildman–Crippen MR) is 83.2 cm³/mol. The van der Waals surface area contributed by atoms with E-state index < -0.39 is 0 Å². The number of nitrogens with zero attached hydrogens (tertiary/aromatic N) is 2. The van der Waals surface area contributed by atoms with Gasteiger partial charge >= 0.3 is 0 Å². The van der Waals surface area contributed by atoms with Crippen LogP contribution < -0.4 is 5.73 Å². The van der Waals surface area contributed by atoms with Crippen LogP contribution in [0.5, 0.6) is 0 Å². The Hall–Kier alpha value is -1.30. The summed E-state index contributed by atoms with van der Waals surface area (Å²) in [4.78, 5) is 4.22. The minimum absolute atomic E-state index is 0.227. The Balaban J connectivity index is 2.38. The van der Waals surface area contributed by atoms with Crippen molar-refractivity contribution in [2.75, 3.05) is 5.73 Å². The lowest BCUT2D eigenvalue weighted by atomic mass is 10.2. The quantitative estimate of drug-likeness (QED) is 0.663. The molecule has 0 aliphatic carbocycles. The van der Waals surface area contributed by atoms with Crippen LogP contribution in [0.1, 0.15) is 0 Å². The van der Waals surface area contributed by atoms with Crippen LogP contribution in [0.2, 0.25) is 10.0 Å². The molecule has 102 valence electrons. The summed E-state index contributed by atoms with van der Waals surface area (Å²) in [6, 6.07) is 7.60. The number of imidazole rings is 1. The molecular weight excluding hydrogens is 368 g/mol. The van der Waals surface area contributed by atoms with Gasteiger partial charge in [0, 0.05) is 4.47 Å². The van der Waals surface area contributed by atoms with Gasteiger partial charge in [-0.25, -0.2) is 9.37 Å². The summed E-state index contributed by atoms with van der Waals surface area (Å²) >= 11 is 15.4. The van der Waals surface area contributed by atoms with Crippen LogP contribution in [0.25, 0.3) is 16.7 Å². The van der Waals surface area contributed by atoms with Crippen molar-refractivity contribution in [1.29, 1.82) is 0 Å². The Morgan fingerprint density at radius 1 is 1.15 bits per heavy atom. The van der Waals surface area contributed by atoms with E-state index in [9.17, 15) is 4.39 Å². The monoisotopic (exact) mass is 373 g/mol. The molecule has 0 atom stereocenters. The number of anilines is 1. The highest BCUT2D eigenvalue weighted by molar-refractivity contribution is 9.10. The van der Waals surface area contributed by atoms with E-state index in [0.29, 0.717) is 31.2 Å². The summed E-state index contributed by atoms with van der Waals surface area (Å²) in [5.41, 5.74) is 7.72. The fraction of sp³-hybridized carbons (Fsp3) is 0. The lowest BCUT2D eigenvalue weighted by Crippen LogP contribution is -2.02. The van der Waals surface area contributed by atoms with Crippen molar-refractivity contribution in [3.05, 3.63) is 50.7 Å². The number of hydrogen-bond donors (Lipinski definition) is 1. The van der Waals surface area contributed by atoms with Gasteiger partial charge in [-0.05, 0) is 46.3 Å². The molecule has 3 aromatic rings. The fourth-order valence-electron chi connectivity index (χ4n) is 2.00. The highest BCUT2D eigenvalue weighted by Crippen LogP contribution is 2.33. The molecule has 0 aliphatic heterocycles. The number of benzene rings is 2. The second-order valence-electron chi connectivity index (χ2n) is 4.16. The first kappa shape index (κ1) is 13.7. The second kappa shape index (κ2) is 4.91. The molecule has 3 rings (SSSR count). The lowest BCUT2D eigenvalue weighted by Gasteiger charge is -2.09. The molecule has 7 heteroatoms. The molecule has 20 heavy (non-hydrogen) atoms. The normalized spacial score (nSPS) is 11.2. The first-order chi connectivity index (χ1) is 9.47. The van der Waals surface area contributed by atoms with Gasteiger partial charge in [-0.15, -0.1) is 0 Å². The first-order valence-electron chi connectivity index (χ1n) is 5.56. The van der Waals surface area contributed by atoms with E-state index in [1.165, 1.54) is 12.1 Å². The largest absolute Gasteiger partial charge is 0.369 e. The Morgan fingerprint density at radius 2 is 1.85 bits per heavy atom. The smallest absolute Gasteiger partial charge is 0.205 e. The summed E-state index contributed by atoms with van der Waals surface area (Å²) in [7, 11) is 0. The maximum absolute atomic E-state index is 13.5. The zero-order valence-corrected chi connectivity index (χ0v) is 13.0. The average molecular weight is 375 g/mol. The van der Waals surface area contributed by atoms with Gasteiger partial charge in [-0.2, -0.15) is 0 Å². The number of nitrogens with two attached hydrogens (primary N) is 1. The number of hydrogen-bond acceptors (Lipinski definition) is 2. The summed E-state index contributed by atoms with van der Waals surface area (Å²) in [5.74, 6) is -0.144. The van der Waals surface area contributed by atoms with Gasteiger partial charge in [0.1, 0.15) is 5.82 Å². The van der Waals surface area contributed by atoms with Gasteiger partial charge in [0.2, 0.25) is 5.95 Å². The third-order valence-electron chi connectivity index (χ3n) is 2.87. The maximum Gasteiger partial charge on any atom is 0.205 e. The molecule has 0 bridgehead atoms. The topological polar surface area (TPSA) is 43.8 Å². The van der Waals surface area contributed by atoms with Crippen LogP contribution in [0.3, 0.4) is 0 Å². The molecule has 0 aliphatic rings. The molecule has 1 aromatic heterocycles. The average Bonchev–Trinajstić information content (AvgIpc) is 2.69. The zero-order valence-electron chi connectivity index (χ0n) is 9.87. The van der Waals surface area contributed by atoms with E-state index in [1.807, 2.05) is 0 Å². The van der Waals surface area contributed by atoms with E-state index >= 15 is 0 Å². The molecule has 3 nitrogen and oxygen atoms in total. The molecule has 0 radical (unpaired) electrons. The number of halogens is 4. The van der Waals surface area contributed by atoms with Gasteiger partial charge in [-0.1, -0.05) is 23.2 Å². The fourth-order valence-corrected chi connectivity index (χ4v) is 2.74. The van der Waals surface area contributed by atoms with E-state index in [1.54, 1.807) is 22.8 Å². The van der Waals surface area contributed by atoms with Crippen LogP contribution in [0.15, 0.2) is 34.8 Å². The summed E-state index contributed by atoms with van der Waals surface area (Å²) in [6.07, 6.45) is 0. The summed E-state index contributed by atoms with van der Waals surface area (Å²) in [6.45, 7) is 0. The van der Waals surface area contributed by atoms with E-state index in [0.717, 1.165) is 0 Å². The SMILES string of the molecule is Nc1nc2cc(Cl)c(Cl)cc2n1-c1cc(F)ccc1Br. The molecule has 0 saturated heterocycles. The van der Waals surface area contributed by atoms with E-state index in [-0.39, 0.29) is 11.8 Å². The number of rotatable bonds is 1. The van der Waals surface area contributed by atoms with Crippen LogP contribution >= 0.6 is 39.1 Å². The van der Waals surface area contributed by atoms with Crippen molar-refractivity contribution in [3.8, 4) is 5.69 Å². The predicted octanol–water partition coefficient (Wildman–Crippen LogP) is 4.82. The van der Waals surface area contributed by atoms with Crippen molar-refractivity contribution in [2.45, 2.75) is 0 Å². The third-order valence-corrected chi connectivity index (χ3v) is 4.26. The minimum Gasteiger partial charge on any atom is -0.369 e. The molecule has 0 spiro atoms. The molecule has 2 aromatic carbocycles. The zero-order chi connectivity index (χ0) is 14.4.